The molecule has 0 fully saturated rings. The first-order valence-electron chi connectivity index (χ1n) is 24.9. The van der Waals surface area contributed by atoms with Crippen molar-refractivity contribution in [3.05, 3.63) is 289 Å². The lowest BCUT2D eigenvalue weighted by molar-refractivity contribution is 0.486. The number of rotatable bonds is 6. The molecule has 15 rings (SSSR count). The maximum absolute atomic E-state index is 6.61. The van der Waals surface area contributed by atoms with Gasteiger partial charge in [0.25, 0.3) is 6.71 Å². The summed E-state index contributed by atoms with van der Waals surface area (Å²) >= 11 is 1.88. The molecule has 0 radical (unpaired) electrons. The normalized spacial score (nSPS) is 14.6. The second kappa shape index (κ2) is 16.1. The molecule has 0 aromatic heterocycles. The van der Waals surface area contributed by atoms with Crippen molar-refractivity contribution in [2.24, 2.45) is 0 Å². The fraction of sp³-hybridized carbons (Fsp3) is 0.0149. The van der Waals surface area contributed by atoms with E-state index in [0.29, 0.717) is 0 Å². The first kappa shape index (κ1) is 41.4. The van der Waals surface area contributed by atoms with E-state index in [1.807, 2.05) is 11.8 Å². The summed E-state index contributed by atoms with van der Waals surface area (Å²) in [6.07, 6.45) is 0. The number of hydrogen-bond donors (Lipinski definition) is 0. The van der Waals surface area contributed by atoms with E-state index in [1.165, 1.54) is 108 Å². The lowest BCUT2D eigenvalue weighted by Crippen LogP contribution is -2.77. The zero-order valence-electron chi connectivity index (χ0n) is 39.2. The van der Waals surface area contributed by atoms with E-state index in [-0.39, 0.29) is 6.71 Å². The Bertz CT molecular complexity index is 3880. The number of para-hydroxylation sites is 2. The third-order valence-corrected chi connectivity index (χ3v) is 22.0. The SMILES string of the molecule is c1ccc(C2(c3ccccc3)c3ccccc3-c3ccc(-c4ccc5c(c4)[Si](c4ccccc4)(c4ccccc4)c4ccccc4N5c4cccc5c4Sc4cccc6c4B5c4ccccc4O6)cc32)cc1. The van der Waals surface area contributed by atoms with Crippen molar-refractivity contribution in [2.45, 2.75) is 15.2 Å². The van der Waals surface area contributed by atoms with Crippen LogP contribution in [0.4, 0.5) is 17.1 Å². The molecule has 1 aliphatic carbocycles. The first-order chi connectivity index (χ1) is 35.7. The lowest BCUT2D eigenvalue weighted by Gasteiger charge is -2.46. The zero-order valence-corrected chi connectivity index (χ0v) is 41.1. The highest BCUT2D eigenvalue weighted by molar-refractivity contribution is 8.00. The van der Waals surface area contributed by atoms with E-state index in [9.17, 15) is 0 Å². The molecule has 72 heavy (non-hydrogen) atoms. The van der Waals surface area contributed by atoms with Crippen LogP contribution >= 0.6 is 11.8 Å². The molecule has 11 aromatic carbocycles. The van der Waals surface area contributed by atoms with Gasteiger partial charge in [0.15, 0.2) is 8.07 Å². The summed E-state index contributed by atoms with van der Waals surface area (Å²) in [7, 11) is -3.05. The van der Waals surface area contributed by atoms with Gasteiger partial charge in [-0.1, -0.05) is 242 Å². The summed E-state index contributed by atoms with van der Waals surface area (Å²) in [5, 5.41) is 5.47. The smallest absolute Gasteiger partial charge is 0.253 e. The Morgan fingerprint density at radius 3 is 1.72 bits per heavy atom. The Hall–Kier alpha value is -8.35. The molecule has 11 aromatic rings. The Kier molecular flexibility index (Phi) is 9.26. The van der Waals surface area contributed by atoms with Crippen LogP contribution in [-0.4, -0.2) is 14.8 Å². The number of hydrogen-bond acceptors (Lipinski definition) is 3. The summed E-state index contributed by atoms with van der Waals surface area (Å²) in [6.45, 7) is 0.0474. The summed E-state index contributed by atoms with van der Waals surface area (Å²) in [6, 6.07) is 100. The van der Waals surface area contributed by atoms with E-state index in [4.69, 9.17) is 4.74 Å². The van der Waals surface area contributed by atoms with Crippen LogP contribution in [0.5, 0.6) is 11.5 Å². The Morgan fingerprint density at radius 1 is 0.403 bits per heavy atom. The van der Waals surface area contributed by atoms with E-state index in [1.54, 1.807) is 0 Å². The second-order valence-electron chi connectivity index (χ2n) is 19.4. The second-order valence-corrected chi connectivity index (χ2v) is 24.2. The summed E-state index contributed by atoms with van der Waals surface area (Å²) in [4.78, 5) is 5.12. The average Bonchev–Trinajstić information content (AvgIpc) is 3.76. The Labute approximate surface area is 426 Å². The van der Waals surface area contributed by atoms with Crippen molar-refractivity contribution in [1.29, 1.82) is 0 Å². The number of fused-ring (bicyclic) bond motifs is 9. The van der Waals surface area contributed by atoms with Crippen molar-refractivity contribution in [1.82, 2.24) is 0 Å². The number of nitrogens with zero attached hydrogens (tertiary/aromatic N) is 1. The molecule has 0 amide bonds. The fourth-order valence-electron chi connectivity index (χ4n) is 13.1. The molecule has 3 heterocycles. The van der Waals surface area contributed by atoms with Gasteiger partial charge in [-0.25, -0.2) is 0 Å². The maximum Gasteiger partial charge on any atom is 0.253 e. The van der Waals surface area contributed by atoms with Gasteiger partial charge in [0.1, 0.15) is 11.5 Å². The van der Waals surface area contributed by atoms with Crippen molar-refractivity contribution >= 4 is 80.7 Å². The predicted molar refractivity (Wildman–Crippen MR) is 303 cm³/mol. The highest BCUT2D eigenvalue weighted by Gasteiger charge is 2.51. The van der Waals surface area contributed by atoms with Gasteiger partial charge in [-0.3, -0.25) is 0 Å². The molecule has 3 aliphatic heterocycles. The van der Waals surface area contributed by atoms with Gasteiger partial charge in [0.2, 0.25) is 0 Å². The molecule has 0 saturated heterocycles. The van der Waals surface area contributed by atoms with Crippen LogP contribution in [0.2, 0.25) is 0 Å². The summed E-state index contributed by atoms with van der Waals surface area (Å²) in [5.41, 5.74) is 17.0. The van der Waals surface area contributed by atoms with Crippen LogP contribution in [0.1, 0.15) is 22.3 Å². The van der Waals surface area contributed by atoms with Gasteiger partial charge in [-0.2, -0.15) is 0 Å². The van der Waals surface area contributed by atoms with E-state index in [0.717, 1.165) is 11.5 Å². The van der Waals surface area contributed by atoms with Crippen LogP contribution in [0, 0.1) is 0 Å². The summed E-state index contributed by atoms with van der Waals surface area (Å²) in [5.74, 6) is 1.88. The minimum Gasteiger partial charge on any atom is -0.458 e. The van der Waals surface area contributed by atoms with Gasteiger partial charge in [-0.05, 0) is 119 Å². The Morgan fingerprint density at radius 2 is 0.958 bits per heavy atom. The van der Waals surface area contributed by atoms with Gasteiger partial charge >= 0.3 is 0 Å². The van der Waals surface area contributed by atoms with Crippen LogP contribution < -0.4 is 46.8 Å². The fourth-order valence-corrected chi connectivity index (χ4v) is 19.5. The van der Waals surface area contributed by atoms with Gasteiger partial charge in [0.05, 0.1) is 11.1 Å². The van der Waals surface area contributed by atoms with Crippen molar-refractivity contribution < 1.29 is 4.74 Å². The monoisotopic (exact) mass is 949 g/mol. The van der Waals surface area contributed by atoms with E-state index >= 15 is 0 Å². The number of anilines is 3. The number of ether oxygens (including phenoxy) is 1. The minimum absolute atomic E-state index is 0.0474. The van der Waals surface area contributed by atoms with Crippen molar-refractivity contribution in [3.8, 4) is 33.8 Å². The molecule has 0 atom stereocenters. The first-order valence-corrected chi connectivity index (χ1v) is 27.8. The van der Waals surface area contributed by atoms with Crippen LogP contribution in [-0.2, 0) is 5.41 Å². The van der Waals surface area contributed by atoms with Gasteiger partial charge in [0, 0.05) is 21.2 Å². The van der Waals surface area contributed by atoms with Crippen molar-refractivity contribution in [2.75, 3.05) is 4.90 Å². The topological polar surface area (TPSA) is 12.5 Å². The van der Waals surface area contributed by atoms with E-state index < -0.39 is 13.5 Å². The molecule has 0 spiro atoms. The zero-order chi connectivity index (χ0) is 47.4. The largest absolute Gasteiger partial charge is 0.458 e. The molecule has 2 nitrogen and oxygen atoms in total. The third-order valence-electron chi connectivity index (χ3n) is 15.9. The summed E-state index contributed by atoms with van der Waals surface area (Å²) < 4.78 is 6.61. The lowest BCUT2D eigenvalue weighted by atomic mass is 9.35. The van der Waals surface area contributed by atoms with Gasteiger partial charge in [-0.15, -0.1) is 0 Å². The molecule has 0 saturated carbocycles. The van der Waals surface area contributed by atoms with Crippen LogP contribution in [0.3, 0.4) is 0 Å². The quantitative estimate of drug-likeness (QED) is 0.154. The molecule has 0 bridgehead atoms. The van der Waals surface area contributed by atoms with Crippen LogP contribution in [0.25, 0.3) is 22.3 Å². The molecule has 5 heteroatoms. The van der Waals surface area contributed by atoms with Crippen molar-refractivity contribution in [3.63, 3.8) is 0 Å². The van der Waals surface area contributed by atoms with E-state index in [2.05, 4.69) is 272 Å². The average molecular weight is 950 g/mol. The molecular weight excluding hydrogens is 906 g/mol. The highest BCUT2D eigenvalue weighted by Crippen LogP contribution is 2.57. The standard InChI is InChI=1S/C67H44BNOSSi/c1-5-21-47(22-6-1)67(48-23-7-2-8-24-48)53-30-14-13-29-51(53)52-41-39-45(43-54(52)67)46-40-42-58-64(44-46)72(49-25-9-3-10-26-49,50-27-11-4-12-28-50)63-38-18-16-33-57(63)69(58)59-34-19-32-56-66(59)71-62-37-20-36-61-65(62)68(56)55-31-15-17-35-60(55)70-61/h1-44H. The highest BCUT2D eigenvalue weighted by atomic mass is 32.2. The Balaban J connectivity index is 1.00. The molecule has 0 unspecified atom stereocenters. The predicted octanol–water partition coefficient (Wildman–Crippen LogP) is 12.0. The maximum atomic E-state index is 6.61. The van der Waals surface area contributed by atoms with Gasteiger partial charge < -0.3 is 9.64 Å². The molecular formula is C67H44BNOSSi. The third kappa shape index (κ3) is 5.75. The molecule has 4 aliphatic rings. The molecule has 0 N–H and O–H groups in total. The number of benzene rings is 11. The van der Waals surface area contributed by atoms with Crippen LogP contribution in [0.15, 0.2) is 277 Å². The minimum atomic E-state index is -3.05. The molecule has 336 valence electrons.